The van der Waals surface area contributed by atoms with Gasteiger partial charge >= 0.3 is 0 Å². The van der Waals surface area contributed by atoms with E-state index in [2.05, 4.69) is 31.0 Å². The quantitative estimate of drug-likeness (QED) is 0.706. The minimum Gasteiger partial charge on any atom is -0.384 e. The molecule has 0 spiro atoms. The molecule has 0 aliphatic carbocycles. The van der Waals surface area contributed by atoms with Crippen molar-refractivity contribution in [1.29, 1.82) is 0 Å². The summed E-state index contributed by atoms with van der Waals surface area (Å²) in [7, 11) is 1.67. The van der Waals surface area contributed by atoms with Gasteiger partial charge in [0.2, 0.25) is 0 Å². The lowest BCUT2D eigenvalue weighted by Crippen LogP contribution is -2.37. The number of aromatic nitrogens is 1. The average molecular weight is 378 g/mol. The summed E-state index contributed by atoms with van der Waals surface area (Å²) in [5, 5.41) is 3.07. The zero-order chi connectivity index (χ0) is 19.9. The predicted octanol–water partition coefficient (Wildman–Crippen LogP) is 2.97. The van der Waals surface area contributed by atoms with Crippen LogP contribution in [0.15, 0.2) is 6.07 Å². The SMILES string of the molecule is COCCc1nc(N2CCOCC2)cc(C)c1C(=O)NCCCC(C)(C)C. The third-order valence-electron chi connectivity index (χ3n) is 4.77. The monoisotopic (exact) mass is 377 g/mol. The molecule has 0 unspecified atom stereocenters. The van der Waals surface area contributed by atoms with E-state index in [0.717, 1.165) is 43.0 Å². The Kier molecular flexibility index (Phi) is 8.05. The number of nitrogens with one attached hydrogen (secondary N) is 1. The third kappa shape index (κ3) is 6.78. The van der Waals surface area contributed by atoms with Crippen LogP contribution >= 0.6 is 0 Å². The van der Waals surface area contributed by atoms with Crippen molar-refractivity contribution in [2.24, 2.45) is 5.41 Å². The molecule has 1 aromatic heterocycles. The minimum absolute atomic E-state index is 0.0338. The maximum atomic E-state index is 12.8. The smallest absolute Gasteiger partial charge is 0.253 e. The van der Waals surface area contributed by atoms with Crippen LogP contribution in [0.25, 0.3) is 0 Å². The van der Waals surface area contributed by atoms with Crippen LogP contribution in [0.2, 0.25) is 0 Å². The van der Waals surface area contributed by atoms with E-state index in [0.29, 0.717) is 38.3 Å². The van der Waals surface area contributed by atoms with Gasteiger partial charge in [0.1, 0.15) is 5.82 Å². The largest absolute Gasteiger partial charge is 0.384 e. The molecule has 2 rings (SSSR count). The van der Waals surface area contributed by atoms with Gasteiger partial charge in [-0.25, -0.2) is 4.98 Å². The zero-order valence-electron chi connectivity index (χ0n) is 17.6. The van der Waals surface area contributed by atoms with Crippen LogP contribution < -0.4 is 10.2 Å². The molecule has 0 atom stereocenters. The summed E-state index contributed by atoms with van der Waals surface area (Å²) < 4.78 is 10.7. The van der Waals surface area contributed by atoms with Crippen molar-refractivity contribution >= 4 is 11.7 Å². The van der Waals surface area contributed by atoms with Crippen molar-refractivity contribution in [1.82, 2.24) is 10.3 Å². The van der Waals surface area contributed by atoms with E-state index in [1.54, 1.807) is 7.11 Å². The molecule has 1 aromatic rings. The zero-order valence-corrected chi connectivity index (χ0v) is 17.6. The fourth-order valence-corrected chi connectivity index (χ4v) is 3.27. The molecular weight excluding hydrogens is 342 g/mol. The first-order valence-electron chi connectivity index (χ1n) is 9.92. The van der Waals surface area contributed by atoms with E-state index >= 15 is 0 Å². The van der Waals surface area contributed by atoms with Crippen LogP contribution in [0.3, 0.4) is 0 Å². The number of pyridine rings is 1. The van der Waals surface area contributed by atoms with Crippen LogP contribution in [0.5, 0.6) is 0 Å². The highest BCUT2D eigenvalue weighted by molar-refractivity contribution is 5.97. The highest BCUT2D eigenvalue weighted by atomic mass is 16.5. The van der Waals surface area contributed by atoms with Gasteiger partial charge < -0.3 is 19.7 Å². The van der Waals surface area contributed by atoms with E-state index in [4.69, 9.17) is 14.5 Å². The number of hydrogen-bond acceptors (Lipinski definition) is 5. The molecule has 0 radical (unpaired) electrons. The van der Waals surface area contributed by atoms with Gasteiger partial charge in [-0.3, -0.25) is 4.79 Å². The Morgan fingerprint density at radius 3 is 2.67 bits per heavy atom. The molecule has 152 valence electrons. The predicted molar refractivity (Wildman–Crippen MR) is 109 cm³/mol. The summed E-state index contributed by atoms with van der Waals surface area (Å²) in [5.41, 5.74) is 2.75. The van der Waals surface area contributed by atoms with Gasteiger partial charge in [0, 0.05) is 33.2 Å². The van der Waals surface area contributed by atoms with Crippen molar-refractivity contribution < 1.29 is 14.3 Å². The molecule has 1 N–H and O–H groups in total. The number of rotatable bonds is 8. The van der Waals surface area contributed by atoms with E-state index in [9.17, 15) is 4.79 Å². The number of aryl methyl sites for hydroxylation is 1. The molecule has 6 nitrogen and oxygen atoms in total. The van der Waals surface area contributed by atoms with Crippen molar-refractivity contribution in [2.45, 2.75) is 47.0 Å². The minimum atomic E-state index is -0.0338. The second kappa shape index (κ2) is 10.0. The number of morpholine rings is 1. The summed E-state index contributed by atoms with van der Waals surface area (Å²) in [4.78, 5) is 19.9. The first-order chi connectivity index (χ1) is 12.8. The van der Waals surface area contributed by atoms with Crippen molar-refractivity contribution in [3.05, 3.63) is 22.9 Å². The summed E-state index contributed by atoms with van der Waals surface area (Å²) in [5.74, 6) is 0.889. The number of hydrogen-bond donors (Lipinski definition) is 1. The number of methoxy groups -OCH3 is 1. The van der Waals surface area contributed by atoms with Crippen molar-refractivity contribution in [2.75, 3.05) is 51.5 Å². The Hall–Kier alpha value is -1.66. The fourth-order valence-electron chi connectivity index (χ4n) is 3.27. The lowest BCUT2D eigenvalue weighted by molar-refractivity contribution is 0.0948. The average Bonchev–Trinajstić information content (AvgIpc) is 2.63. The highest BCUT2D eigenvalue weighted by Gasteiger charge is 2.20. The molecule has 1 saturated heterocycles. The summed E-state index contributed by atoms with van der Waals surface area (Å²) in [6.07, 6.45) is 2.68. The van der Waals surface area contributed by atoms with Gasteiger partial charge in [-0.05, 0) is 36.8 Å². The Morgan fingerprint density at radius 1 is 1.33 bits per heavy atom. The molecule has 6 heteroatoms. The van der Waals surface area contributed by atoms with Crippen LogP contribution in [0.1, 0.15) is 55.2 Å². The van der Waals surface area contributed by atoms with Gasteiger partial charge in [-0.15, -0.1) is 0 Å². The number of anilines is 1. The second-order valence-electron chi connectivity index (χ2n) is 8.38. The molecule has 1 fully saturated rings. The van der Waals surface area contributed by atoms with E-state index in [-0.39, 0.29) is 11.3 Å². The number of nitrogens with zero attached hydrogens (tertiary/aromatic N) is 2. The molecule has 0 aromatic carbocycles. The molecular formula is C21H35N3O3. The molecule has 1 amide bonds. The Bertz CT molecular complexity index is 620. The lowest BCUT2D eigenvalue weighted by atomic mass is 9.90. The normalized spacial score (nSPS) is 15.1. The molecule has 27 heavy (non-hydrogen) atoms. The molecule has 0 saturated carbocycles. The third-order valence-corrected chi connectivity index (χ3v) is 4.77. The topological polar surface area (TPSA) is 63.7 Å². The maximum Gasteiger partial charge on any atom is 0.253 e. The second-order valence-corrected chi connectivity index (χ2v) is 8.38. The number of carbonyl (C=O) groups excluding carboxylic acids is 1. The lowest BCUT2D eigenvalue weighted by Gasteiger charge is -2.29. The fraction of sp³-hybridized carbons (Fsp3) is 0.714. The van der Waals surface area contributed by atoms with Crippen LogP contribution in [0, 0.1) is 12.3 Å². The van der Waals surface area contributed by atoms with Crippen LogP contribution in [-0.4, -0.2) is 57.5 Å². The van der Waals surface area contributed by atoms with E-state index in [1.165, 1.54) is 0 Å². The van der Waals surface area contributed by atoms with Crippen molar-refractivity contribution in [3.8, 4) is 0 Å². The number of carbonyl (C=O) groups is 1. The molecule has 0 bridgehead atoms. The first-order valence-corrected chi connectivity index (χ1v) is 9.92. The molecule has 2 heterocycles. The molecule has 1 aliphatic rings. The number of ether oxygens (including phenoxy) is 2. The van der Waals surface area contributed by atoms with Gasteiger partial charge in [0.25, 0.3) is 5.91 Å². The standard InChI is InChI=1S/C21H35N3O3/c1-16-15-18(24-10-13-27-14-11-24)23-17(7-12-26-5)19(16)20(25)22-9-6-8-21(2,3)4/h15H,6-14H2,1-5H3,(H,22,25). The van der Waals surface area contributed by atoms with Crippen LogP contribution in [0.4, 0.5) is 5.82 Å². The van der Waals surface area contributed by atoms with Gasteiger partial charge in [-0.1, -0.05) is 20.8 Å². The summed E-state index contributed by atoms with van der Waals surface area (Å²) in [6.45, 7) is 13.0. The maximum absolute atomic E-state index is 12.8. The Labute approximate surface area is 163 Å². The van der Waals surface area contributed by atoms with E-state index < -0.39 is 0 Å². The summed E-state index contributed by atoms with van der Waals surface area (Å²) >= 11 is 0. The van der Waals surface area contributed by atoms with Gasteiger partial charge in [0.15, 0.2) is 0 Å². The van der Waals surface area contributed by atoms with E-state index in [1.807, 2.05) is 13.0 Å². The number of amides is 1. The van der Waals surface area contributed by atoms with Crippen LogP contribution in [-0.2, 0) is 15.9 Å². The summed E-state index contributed by atoms with van der Waals surface area (Å²) in [6, 6.07) is 2.02. The highest BCUT2D eigenvalue weighted by Crippen LogP contribution is 2.22. The van der Waals surface area contributed by atoms with Gasteiger partial charge in [-0.2, -0.15) is 0 Å². The van der Waals surface area contributed by atoms with Gasteiger partial charge in [0.05, 0.1) is 31.1 Å². The first kappa shape index (κ1) is 21.6. The molecule has 1 aliphatic heterocycles. The van der Waals surface area contributed by atoms with Crippen molar-refractivity contribution in [3.63, 3.8) is 0 Å². The Balaban J connectivity index is 2.13. The Morgan fingerprint density at radius 2 is 2.04 bits per heavy atom.